The van der Waals surface area contributed by atoms with Crippen LogP contribution in [0.25, 0.3) is 0 Å². The number of hydrogen-bond acceptors (Lipinski definition) is 4. The fourth-order valence-corrected chi connectivity index (χ4v) is 3.09. The lowest BCUT2D eigenvalue weighted by Gasteiger charge is -2.34. The van der Waals surface area contributed by atoms with Gasteiger partial charge in [-0.2, -0.15) is 0 Å². The van der Waals surface area contributed by atoms with Gasteiger partial charge < -0.3 is 10.6 Å². The van der Waals surface area contributed by atoms with Crippen LogP contribution in [0, 0.1) is 16.0 Å². The predicted molar refractivity (Wildman–Crippen MR) is 83.1 cm³/mol. The fourth-order valence-electron chi connectivity index (χ4n) is 2.61. The second kappa shape index (κ2) is 6.53. The van der Waals surface area contributed by atoms with Crippen molar-refractivity contribution < 1.29 is 9.72 Å². The van der Waals surface area contributed by atoms with E-state index in [1.807, 2.05) is 6.92 Å². The average Bonchev–Trinajstić information content (AvgIpc) is 2.45. The highest BCUT2D eigenvalue weighted by molar-refractivity contribution is 9.10. The van der Waals surface area contributed by atoms with E-state index in [4.69, 9.17) is 5.73 Å². The summed E-state index contributed by atoms with van der Waals surface area (Å²) in [6.45, 7) is 3.22. The van der Waals surface area contributed by atoms with Crippen molar-refractivity contribution in [2.75, 3.05) is 13.1 Å². The molecule has 1 saturated heterocycles. The van der Waals surface area contributed by atoms with E-state index in [-0.39, 0.29) is 23.6 Å². The number of halogens is 1. The molecule has 2 atom stereocenters. The molecule has 1 aromatic rings. The second-order valence-corrected chi connectivity index (χ2v) is 6.38. The third-order valence-electron chi connectivity index (χ3n) is 3.83. The molecule has 1 fully saturated rings. The van der Waals surface area contributed by atoms with E-state index in [1.165, 1.54) is 12.1 Å². The zero-order valence-corrected chi connectivity index (χ0v) is 13.4. The minimum Gasteiger partial charge on any atom is -0.338 e. The van der Waals surface area contributed by atoms with E-state index in [2.05, 4.69) is 15.9 Å². The molecule has 0 aromatic heterocycles. The number of carbonyl (C=O) groups is 1. The first kappa shape index (κ1) is 15.9. The van der Waals surface area contributed by atoms with Crippen LogP contribution in [0.1, 0.15) is 30.1 Å². The van der Waals surface area contributed by atoms with Gasteiger partial charge in [0.05, 0.1) is 4.92 Å². The van der Waals surface area contributed by atoms with Crippen LogP contribution in [0.5, 0.6) is 0 Å². The van der Waals surface area contributed by atoms with Gasteiger partial charge in [-0.15, -0.1) is 0 Å². The molecule has 7 heteroatoms. The smallest absolute Gasteiger partial charge is 0.271 e. The third kappa shape index (κ3) is 3.79. The van der Waals surface area contributed by atoms with Crippen LogP contribution in [-0.4, -0.2) is 34.9 Å². The Labute approximate surface area is 131 Å². The van der Waals surface area contributed by atoms with Crippen LogP contribution in [0.2, 0.25) is 0 Å². The molecule has 0 saturated carbocycles. The number of likely N-dealkylation sites (tertiary alicyclic amines) is 1. The summed E-state index contributed by atoms with van der Waals surface area (Å²) in [5.74, 6) is 0.106. The Bertz CT molecular complexity index is 562. The standard InChI is InChI=1S/C14H18BrN3O3/c1-9(16)10-3-2-4-17(8-10)14(19)11-5-12(15)7-13(6-11)18(20)21/h5-7,9-10H,2-4,8,16H2,1H3. The number of nitrogens with two attached hydrogens (primary N) is 1. The minimum atomic E-state index is -0.498. The number of hydrogen-bond donors (Lipinski definition) is 1. The van der Waals surface area contributed by atoms with Crippen LogP contribution >= 0.6 is 15.9 Å². The van der Waals surface area contributed by atoms with Crippen molar-refractivity contribution in [2.45, 2.75) is 25.8 Å². The van der Waals surface area contributed by atoms with Crippen LogP contribution in [0.4, 0.5) is 5.69 Å². The minimum absolute atomic E-state index is 0.0393. The van der Waals surface area contributed by atoms with Crippen molar-refractivity contribution in [3.63, 3.8) is 0 Å². The molecule has 0 spiro atoms. The van der Waals surface area contributed by atoms with Crippen molar-refractivity contribution in [3.05, 3.63) is 38.3 Å². The van der Waals surface area contributed by atoms with E-state index in [1.54, 1.807) is 11.0 Å². The van der Waals surface area contributed by atoms with Crippen molar-refractivity contribution in [3.8, 4) is 0 Å². The quantitative estimate of drug-likeness (QED) is 0.666. The predicted octanol–water partition coefficient (Wildman–Crippen LogP) is 2.56. The summed E-state index contributed by atoms with van der Waals surface area (Å²) in [6.07, 6.45) is 1.92. The van der Waals surface area contributed by atoms with Gasteiger partial charge in [-0.3, -0.25) is 14.9 Å². The number of nitrogens with zero attached hydrogens (tertiary/aromatic N) is 2. The maximum Gasteiger partial charge on any atom is 0.271 e. The molecule has 1 heterocycles. The van der Waals surface area contributed by atoms with Gasteiger partial charge in [-0.1, -0.05) is 15.9 Å². The molecule has 0 bridgehead atoms. The number of non-ortho nitro benzene ring substituents is 1. The van der Waals surface area contributed by atoms with Gasteiger partial charge >= 0.3 is 0 Å². The first-order valence-electron chi connectivity index (χ1n) is 6.88. The van der Waals surface area contributed by atoms with Gasteiger partial charge in [0.2, 0.25) is 0 Å². The number of carbonyl (C=O) groups excluding carboxylic acids is 1. The van der Waals surface area contributed by atoms with Gasteiger partial charge in [-0.05, 0) is 31.7 Å². The van der Waals surface area contributed by atoms with Crippen molar-refractivity contribution in [2.24, 2.45) is 11.7 Å². The Kier molecular flexibility index (Phi) is 4.95. The summed E-state index contributed by atoms with van der Waals surface area (Å²) in [7, 11) is 0. The van der Waals surface area contributed by atoms with E-state index < -0.39 is 4.92 Å². The lowest BCUT2D eigenvalue weighted by Crippen LogP contribution is -2.45. The number of nitro benzene ring substituents is 1. The molecule has 1 aliphatic rings. The normalized spacial score (nSPS) is 20.1. The second-order valence-electron chi connectivity index (χ2n) is 5.47. The Morgan fingerprint density at radius 1 is 1.52 bits per heavy atom. The zero-order chi connectivity index (χ0) is 15.6. The van der Waals surface area contributed by atoms with Gasteiger partial charge in [0.15, 0.2) is 0 Å². The zero-order valence-electron chi connectivity index (χ0n) is 11.8. The lowest BCUT2D eigenvalue weighted by atomic mass is 9.92. The summed E-state index contributed by atoms with van der Waals surface area (Å²) >= 11 is 3.21. The van der Waals surface area contributed by atoms with E-state index in [9.17, 15) is 14.9 Å². The molecule has 1 aromatic carbocycles. The van der Waals surface area contributed by atoms with Crippen LogP contribution in [0.3, 0.4) is 0 Å². The topological polar surface area (TPSA) is 89.5 Å². The average molecular weight is 356 g/mol. The highest BCUT2D eigenvalue weighted by Crippen LogP contribution is 2.25. The summed E-state index contributed by atoms with van der Waals surface area (Å²) in [5.41, 5.74) is 6.17. The van der Waals surface area contributed by atoms with E-state index in [0.717, 1.165) is 12.8 Å². The molecule has 0 aliphatic carbocycles. The Morgan fingerprint density at radius 3 is 2.86 bits per heavy atom. The molecule has 2 unspecified atom stereocenters. The van der Waals surface area contributed by atoms with Crippen molar-refractivity contribution in [1.29, 1.82) is 0 Å². The molecular weight excluding hydrogens is 338 g/mol. The summed E-state index contributed by atoms with van der Waals surface area (Å²) in [4.78, 5) is 24.7. The number of piperidine rings is 1. The number of rotatable bonds is 3. The lowest BCUT2D eigenvalue weighted by molar-refractivity contribution is -0.385. The van der Waals surface area contributed by atoms with Crippen molar-refractivity contribution in [1.82, 2.24) is 4.90 Å². The van der Waals surface area contributed by atoms with Gasteiger partial charge in [-0.25, -0.2) is 0 Å². The van der Waals surface area contributed by atoms with Gasteiger partial charge in [0.25, 0.3) is 11.6 Å². The summed E-state index contributed by atoms with van der Waals surface area (Å²) < 4.78 is 0.529. The number of nitro groups is 1. The first-order chi connectivity index (χ1) is 9.88. The molecule has 2 rings (SSSR count). The Hall–Kier alpha value is -1.47. The van der Waals surface area contributed by atoms with Gasteiger partial charge in [0.1, 0.15) is 0 Å². The van der Waals surface area contributed by atoms with Gasteiger partial charge in [0, 0.05) is 41.3 Å². The van der Waals surface area contributed by atoms with Crippen LogP contribution in [-0.2, 0) is 0 Å². The Morgan fingerprint density at radius 2 is 2.24 bits per heavy atom. The first-order valence-corrected chi connectivity index (χ1v) is 7.67. The Balaban J connectivity index is 2.21. The summed E-state index contributed by atoms with van der Waals surface area (Å²) in [6, 6.07) is 4.36. The summed E-state index contributed by atoms with van der Waals surface area (Å²) in [5, 5.41) is 10.9. The number of benzene rings is 1. The molecule has 0 radical (unpaired) electrons. The van der Waals surface area contributed by atoms with E-state index >= 15 is 0 Å². The maximum absolute atomic E-state index is 12.5. The molecule has 1 amide bonds. The number of amides is 1. The largest absolute Gasteiger partial charge is 0.338 e. The molecule has 6 nitrogen and oxygen atoms in total. The molecule has 114 valence electrons. The highest BCUT2D eigenvalue weighted by atomic mass is 79.9. The monoisotopic (exact) mass is 355 g/mol. The molecule has 1 aliphatic heterocycles. The fraction of sp³-hybridized carbons (Fsp3) is 0.500. The van der Waals surface area contributed by atoms with Crippen LogP contribution in [0.15, 0.2) is 22.7 Å². The van der Waals surface area contributed by atoms with Crippen LogP contribution < -0.4 is 5.73 Å². The third-order valence-corrected chi connectivity index (χ3v) is 4.29. The van der Waals surface area contributed by atoms with Crippen molar-refractivity contribution >= 4 is 27.5 Å². The van der Waals surface area contributed by atoms with E-state index in [0.29, 0.717) is 23.1 Å². The highest BCUT2D eigenvalue weighted by Gasteiger charge is 2.27. The maximum atomic E-state index is 12.5. The molecule has 21 heavy (non-hydrogen) atoms. The molecule has 2 N–H and O–H groups in total. The molecular formula is C14H18BrN3O3. The SMILES string of the molecule is CC(N)C1CCCN(C(=O)c2cc(Br)cc([N+](=O)[O-])c2)C1.